The van der Waals surface area contributed by atoms with Gasteiger partial charge in [-0.3, -0.25) is 9.59 Å². The summed E-state index contributed by atoms with van der Waals surface area (Å²) in [7, 11) is 0. The lowest BCUT2D eigenvalue weighted by molar-refractivity contribution is -0.149. The molecule has 0 aromatic heterocycles. The van der Waals surface area contributed by atoms with Crippen molar-refractivity contribution in [1.82, 2.24) is 10.2 Å². The Balaban J connectivity index is 1.49. The van der Waals surface area contributed by atoms with Gasteiger partial charge in [0.05, 0.1) is 6.04 Å². The van der Waals surface area contributed by atoms with Crippen LogP contribution in [0.3, 0.4) is 0 Å². The molecule has 1 unspecified atom stereocenters. The molecule has 0 radical (unpaired) electrons. The number of hydrogen-bond acceptors (Lipinski definition) is 4. The number of β-lactam (4-membered cyclic amide) rings is 1. The molecule has 0 bridgehead atoms. The van der Waals surface area contributed by atoms with Crippen LogP contribution in [0, 0.1) is 0 Å². The molecule has 1 fully saturated rings. The lowest BCUT2D eigenvalue weighted by atomic mass is 9.96. The fraction of sp³-hybridized carbons (Fsp3) is 0.200. The smallest absolute Gasteiger partial charge is 0.248 e. The molecule has 3 aromatic carbocycles. The van der Waals surface area contributed by atoms with E-state index in [1.807, 2.05) is 66.7 Å². The Morgan fingerprint density at radius 1 is 0.839 bits per heavy atom. The Morgan fingerprint density at radius 3 is 2.06 bits per heavy atom. The van der Waals surface area contributed by atoms with E-state index >= 15 is 0 Å². The summed E-state index contributed by atoms with van der Waals surface area (Å²) in [4.78, 5) is 27.5. The van der Waals surface area contributed by atoms with Crippen LogP contribution in [0.2, 0.25) is 0 Å². The summed E-state index contributed by atoms with van der Waals surface area (Å²) in [5.41, 5.74) is 2.65. The Morgan fingerprint density at radius 2 is 1.48 bits per heavy atom. The normalized spacial score (nSPS) is 15.5. The first-order chi connectivity index (χ1) is 15.2. The first-order valence-electron chi connectivity index (χ1n) is 10.3. The summed E-state index contributed by atoms with van der Waals surface area (Å²) in [6.45, 7) is 0.703. The average molecular weight is 414 g/mol. The Kier molecular flexibility index (Phi) is 5.04. The van der Waals surface area contributed by atoms with Crippen LogP contribution < -0.4 is 14.8 Å². The van der Waals surface area contributed by atoms with E-state index in [-0.39, 0.29) is 24.6 Å². The zero-order chi connectivity index (χ0) is 21.2. The van der Waals surface area contributed by atoms with Crippen molar-refractivity contribution >= 4 is 11.8 Å². The van der Waals surface area contributed by atoms with Gasteiger partial charge in [-0.05, 0) is 28.8 Å². The number of benzene rings is 3. The molecule has 6 heteroatoms. The standard InChI is InChI=1S/C25H22N2O4/c28-22-13-14-27(22)24(19-11-12-20-21(15-19)31-16-30-20)25(29)26-23(17-7-3-1-4-8-17)18-9-5-2-6-10-18/h1-12,15,23-24H,13-14,16H2,(H,26,29). The van der Waals surface area contributed by atoms with Gasteiger partial charge in [0.1, 0.15) is 6.04 Å². The van der Waals surface area contributed by atoms with E-state index in [2.05, 4.69) is 5.32 Å². The van der Waals surface area contributed by atoms with Crippen molar-refractivity contribution in [2.75, 3.05) is 13.3 Å². The number of nitrogens with zero attached hydrogens (tertiary/aromatic N) is 1. The molecule has 0 aliphatic carbocycles. The van der Waals surface area contributed by atoms with Gasteiger partial charge in [-0.25, -0.2) is 0 Å². The van der Waals surface area contributed by atoms with E-state index in [0.717, 1.165) is 11.1 Å². The minimum Gasteiger partial charge on any atom is -0.454 e. The minimum absolute atomic E-state index is 0.0335. The van der Waals surface area contributed by atoms with Crippen LogP contribution in [-0.2, 0) is 9.59 Å². The average Bonchev–Trinajstić information content (AvgIpc) is 3.28. The van der Waals surface area contributed by atoms with Crippen LogP contribution in [-0.4, -0.2) is 30.1 Å². The van der Waals surface area contributed by atoms with Crippen molar-refractivity contribution in [3.05, 3.63) is 95.6 Å². The van der Waals surface area contributed by atoms with E-state index in [0.29, 0.717) is 30.0 Å². The second-order valence-corrected chi connectivity index (χ2v) is 7.62. The first-order valence-corrected chi connectivity index (χ1v) is 10.3. The maximum absolute atomic E-state index is 13.6. The first kappa shape index (κ1) is 19.2. The summed E-state index contributed by atoms with van der Waals surface area (Å²) >= 11 is 0. The highest BCUT2D eigenvalue weighted by Gasteiger charge is 2.38. The molecule has 2 amide bonds. The highest BCUT2D eigenvalue weighted by atomic mass is 16.7. The van der Waals surface area contributed by atoms with Gasteiger partial charge < -0.3 is 19.7 Å². The van der Waals surface area contributed by atoms with Gasteiger partial charge >= 0.3 is 0 Å². The summed E-state index contributed by atoms with van der Waals surface area (Å²) in [6.07, 6.45) is 0.454. The van der Waals surface area contributed by atoms with Gasteiger partial charge in [0.25, 0.3) is 0 Å². The predicted molar refractivity (Wildman–Crippen MR) is 115 cm³/mol. The van der Waals surface area contributed by atoms with Gasteiger partial charge in [-0.2, -0.15) is 0 Å². The molecule has 31 heavy (non-hydrogen) atoms. The molecule has 156 valence electrons. The molecule has 3 aromatic rings. The van der Waals surface area contributed by atoms with Crippen molar-refractivity contribution < 1.29 is 19.1 Å². The van der Waals surface area contributed by atoms with Gasteiger partial charge in [-0.1, -0.05) is 66.7 Å². The number of ether oxygens (including phenoxy) is 2. The van der Waals surface area contributed by atoms with Gasteiger partial charge in [0.15, 0.2) is 11.5 Å². The fourth-order valence-electron chi connectivity index (χ4n) is 4.03. The maximum Gasteiger partial charge on any atom is 0.248 e. The van der Waals surface area contributed by atoms with Crippen molar-refractivity contribution in [2.24, 2.45) is 0 Å². The van der Waals surface area contributed by atoms with Crippen LogP contribution in [0.15, 0.2) is 78.9 Å². The van der Waals surface area contributed by atoms with E-state index in [1.54, 1.807) is 17.0 Å². The van der Waals surface area contributed by atoms with Crippen LogP contribution in [0.1, 0.15) is 35.2 Å². The molecule has 2 aliphatic rings. The highest BCUT2D eigenvalue weighted by Crippen LogP contribution is 2.37. The lowest BCUT2D eigenvalue weighted by Gasteiger charge is -2.38. The molecule has 1 atom stereocenters. The topological polar surface area (TPSA) is 67.9 Å². The van der Waals surface area contributed by atoms with Crippen molar-refractivity contribution in [2.45, 2.75) is 18.5 Å². The Hall–Kier alpha value is -3.80. The number of fused-ring (bicyclic) bond motifs is 1. The SMILES string of the molecule is O=C(NC(c1ccccc1)c1ccccc1)C(c1ccc2c(c1)OCO2)N1CCC1=O. The molecule has 1 N–H and O–H groups in total. The molecule has 5 rings (SSSR count). The number of hydrogen-bond donors (Lipinski definition) is 1. The quantitative estimate of drug-likeness (QED) is 0.626. The number of carbonyl (C=O) groups excluding carboxylic acids is 2. The van der Waals surface area contributed by atoms with Crippen molar-refractivity contribution in [3.8, 4) is 11.5 Å². The molecule has 6 nitrogen and oxygen atoms in total. The third-order valence-corrected chi connectivity index (χ3v) is 5.71. The van der Waals surface area contributed by atoms with Crippen LogP contribution in [0.25, 0.3) is 0 Å². The van der Waals surface area contributed by atoms with Crippen LogP contribution >= 0.6 is 0 Å². The Bertz CT molecular complexity index is 1060. The summed E-state index contributed by atoms with van der Waals surface area (Å²) in [5.74, 6) is 0.966. The number of nitrogens with one attached hydrogen (secondary N) is 1. The lowest BCUT2D eigenvalue weighted by Crippen LogP contribution is -2.51. The van der Waals surface area contributed by atoms with Gasteiger partial charge in [0, 0.05) is 13.0 Å². The number of likely N-dealkylation sites (tertiary alicyclic amines) is 1. The third kappa shape index (κ3) is 3.72. The predicted octanol–water partition coefficient (Wildman–Crippen LogP) is 3.59. The summed E-state index contributed by atoms with van der Waals surface area (Å²) in [5, 5.41) is 3.18. The van der Waals surface area contributed by atoms with Crippen LogP contribution in [0.4, 0.5) is 0 Å². The molecular formula is C25H22N2O4. The molecule has 1 saturated heterocycles. The molecular weight excluding hydrogens is 392 g/mol. The van der Waals surface area contributed by atoms with Gasteiger partial charge in [0.2, 0.25) is 18.6 Å². The summed E-state index contributed by atoms with van der Waals surface area (Å²) in [6, 6.07) is 24.0. The zero-order valence-electron chi connectivity index (χ0n) is 16.9. The van der Waals surface area contributed by atoms with E-state index in [9.17, 15) is 9.59 Å². The van der Waals surface area contributed by atoms with E-state index < -0.39 is 6.04 Å². The molecule has 0 spiro atoms. The number of carbonyl (C=O) groups is 2. The van der Waals surface area contributed by atoms with Gasteiger partial charge in [-0.15, -0.1) is 0 Å². The monoisotopic (exact) mass is 414 g/mol. The number of amides is 2. The second-order valence-electron chi connectivity index (χ2n) is 7.62. The maximum atomic E-state index is 13.6. The molecule has 2 heterocycles. The highest BCUT2D eigenvalue weighted by molar-refractivity contribution is 5.91. The minimum atomic E-state index is -0.731. The van der Waals surface area contributed by atoms with E-state index in [1.165, 1.54) is 0 Å². The van der Waals surface area contributed by atoms with E-state index in [4.69, 9.17) is 9.47 Å². The summed E-state index contributed by atoms with van der Waals surface area (Å²) < 4.78 is 10.9. The molecule has 0 saturated carbocycles. The second kappa shape index (κ2) is 8.14. The number of rotatable bonds is 6. The zero-order valence-corrected chi connectivity index (χ0v) is 16.9. The van der Waals surface area contributed by atoms with Crippen LogP contribution in [0.5, 0.6) is 11.5 Å². The fourth-order valence-corrected chi connectivity index (χ4v) is 4.03. The third-order valence-electron chi connectivity index (χ3n) is 5.71. The Labute approximate surface area is 180 Å². The molecule has 2 aliphatic heterocycles. The van der Waals surface area contributed by atoms with Crippen molar-refractivity contribution in [3.63, 3.8) is 0 Å². The largest absolute Gasteiger partial charge is 0.454 e. The van der Waals surface area contributed by atoms with Crippen molar-refractivity contribution in [1.29, 1.82) is 0 Å².